The Balaban J connectivity index is 1.92. The largest absolute Gasteiger partial charge is 0.573 e. The number of amides is 1. The molecule has 0 aliphatic heterocycles. The molecule has 2 rings (SSSR count). The highest BCUT2D eigenvalue weighted by Gasteiger charge is 2.31. The Morgan fingerprint density at radius 3 is 2.50 bits per heavy atom. The highest BCUT2D eigenvalue weighted by molar-refractivity contribution is 8.00. The molecule has 2 aromatic carbocycles. The molecule has 0 spiro atoms. The van der Waals surface area contributed by atoms with Crippen molar-refractivity contribution in [2.75, 3.05) is 11.1 Å². The Bertz CT molecular complexity index is 736. The monoisotopic (exact) mass is 363 g/mol. The van der Waals surface area contributed by atoms with Gasteiger partial charge in [0.2, 0.25) is 5.91 Å². The van der Waals surface area contributed by atoms with Gasteiger partial charge in [-0.05, 0) is 30.3 Å². The van der Waals surface area contributed by atoms with Crippen LogP contribution in [0.2, 0.25) is 0 Å². The maximum Gasteiger partial charge on any atom is 0.573 e. The van der Waals surface area contributed by atoms with E-state index in [0.29, 0.717) is 4.90 Å². The van der Waals surface area contributed by atoms with Crippen LogP contribution in [-0.4, -0.2) is 18.0 Å². The van der Waals surface area contributed by atoms with Crippen molar-refractivity contribution in [3.63, 3.8) is 0 Å². The third-order valence-electron chi connectivity index (χ3n) is 2.61. The molecule has 128 valence electrons. The van der Waals surface area contributed by atoms with Gasteiger partial charge in [0, 0.05) is 16.6 Å². The van der Waals surface area contributed by atoms with E-state index in [1.807, 2.05) is 0 Å². The zero-order valence-electron chi connectivity index (χ0n) is 11.9. The number of rotatable bonds is 5. The number of benzene rings is 2. The molecular weight excluding hydrogens is 353 g/mol. The minimum absolute atomic E-state index is 0.118. The van der Waals surface area contributed by atoms with Crippen molar-refractivity contribution in [1.29, 1.82) is 0 Å². The fourth-order valence-electron chi connectivity index (χ4n) is 1.68. The van der Waals surface area contributed by atoms with E-state index in [-0.39, 0.29) is 11.4 Å². The van der Waals surface area contributed by atoms with Crippen LogP contribution in [0.15, 0.2) is 47.4 Å². The minimum atomic E-state index is -4.83. The first kappa shape index (κ1) is 18.1. The van der Waals surface area contributed by atoms with E-state index in [9.17, 15) is 26.7 Å². The molecule has 0 saturated heterocycles. The van der Waals surface area contributed by atoms with E-state index in [4.69, 9.17) is 0 Å². The highest BCUT2D eigenvalue weighted by Crippen LogP contribution is 2.25. The van der Waals surface area contributed by atoms with E-state index in [2.05, 4.69) is 10.1 Å². The molecule has 1 N–H and O–H groups in total. The summed E-state index contributed by atoms with van der Waals surface area (Å²) in [5, 5.41) is 2.39. The average molecular weight is 363 g/mol. The van der Waals surface area contributed by atoms with Gasteiger partial charge < -0.3 is 10.1 Å². The molecule has 2 aromatic rings. The average Bonchev–Trinajstić information content (AvgIpc) is 2.47. The molecule has 0 radical (unpaired) electrons. The lowest BCUT2D eigenvalue weighted by Gasteiger charge is -2.10. The number of carbonyl (C=O) groups is 1. The lowest BCUT2D eigenvalue weighted by molar-refractivity contribution is -0.274. The van der Waals surface area contributed by atoms with Crippen LogP contribution in [0, 0.1) is 11.6 Å². The number of thioether (sulfide) groups is 1. The fourth-order valence-corrected chi connectivity index (χ4v) is 2.40. The maximum absolute atomic E-state index is 13.0. The Labute approximate surface area is 137 Å². The predicted octanol–water partition coefficient (Wildman–Crippen LogP) is 4.59. The van der Waals surface area contributed by atoms with E-state index < -0.39 is 29.7 Å². The van der Waals surface area contributed by atoms with Crippen LogP contribution >= 0.6 is 11.8 Å². The van der Waals surface area contributed by atoms with Gasteiger partial charge >= 0.3 is 6.36 Å². The topological polar surface area (TPSA) is 38.3 Å². The second-order valence-corrected chi connectivity index (χ2v) is 5.54. The van der Waals surface area contributed by atoms with Crippen molar-refractivity contribution < 1.29 is 31.5 Å². The number of ether oxygens (including phenoxy) is 1. The first-order valence-corrected chi connectivity index (χ1v) is 7.45. The van der Waals surface area contributed by atoms with Crippen LogP contribution in [0.4, 0.5) is 27.6 Å². The van der Waals surface area contributed by atoms with Gasteiger partial charge in [0.25, 0.3) is 0 Å². The van der Waals surface area contributed by atoms with Crippen molar-refractivity contribution in [2.45, 2.75) is 11.3 Å². The molecule has 0 aliphatic rings. The quantitative estimate of drug-likeness (QED) is 0.624. The van der Waals surface area contributed by atoms with Gasteiger partial charge in [-0.15, -0.1) is 24.9 Å². The van der Waals surface area contributed by atoms with Crippen molar-refractivity contribution in [3.8, 4) is 5.75 Å². The van der Waals surface area contributed by atoms with E-state index in [1.165, 1.54) is 18.2 Å². The number of hydrogen-bond acceptors (Lipinski definition) is 3. The van der Waals surface area contributed by atoms with Crippen LogP contribution < -0.4 is 10.1 Å². The Hall–Kier alpha value is -2.29. The highest BCUT2D eigenvalue weighted by atomic mass is 32.2. The summed E-state index contributed by atoms with van der Waals surface area (Å²) in [5.41, 5.74) is 0.118. The summed E-state index contributed by atoms with van der Waals surface area (Å²) in [5.74, 6) is -3.14. The van der Waals surface area contributed by atoms with Gasteiger partial charge in [-0.25, -0.2) is 8.78 Å². The first-order valence-electron chi connectivity index (χ1n) is 6.46. The molecular formula is C15H10F5NO2S. The molecule has 0 atom stereocenters. The molecule has 0 unspecified atom stereocenters. The zero-order chi connectivity index (χ0) is 17.7. The summed E-state index contributed by atoms with van der Waals surface area (Å²) in [6.07, 6.45) is -4.83. The van der Waals surface area contributed by atoms with Crippen LogP contribution in [0.3, 0.4) is 0 Å². The smallest absolute Gasteiger partial charge is 0.406 e. The van der Waals surface area contributed by atoms with Gasteiger partial charge in [0.1, 0.15) is 5.75 Å². The zero-order valence-corrected chi connectivity index (χ0v) is 12.7. The number of nitrogens with one attached hydrogen (secondary N) is 1. The third-order valence-corrected chi connectivity index (χ3v) is 3.61. The molecule has 0 heterocycles. The molecule has 0 aliphatic carbocycles. The third kappa shape index (κ3) is 5.73. The molecule has 24 heavy (non-hydrogen) atoms. The maximum atomic E-state index is 13.0. The molecule has 9 heteroatoms. The summed E-state index contributed by atoms with van der Waals surface area (Å²) in [4.78, 5) is 12.1. The van der Waals surface area contributed by atoms with Crippen LogP contribution in [-0.2, 0) is 4.79 Å². The Morgan fingerprint density at radius 1 is 1.08 bits per heavy atom. The number of halogens is 5. The lowest BCUT2D eigenvalue weighted by atomic mass is 10.3. The summed E-state index contributed by atoms with van der Waals surface area (Å²) >= 11 is 0.955. The second kappa shape index (κ2) is 7.52. The molecule has 0 bridgehead atoms. The molecule has 3 nitrogen and oxygen atoms in total. The van der Waals surface area contributed by atoms with Crippen molar-refractivity contribution in [2.24, 2.45) is 0 Å². The molecule has 0 saturated carbocycles. The standard InChI is InChI=1S/C15H10F5NO2S/c16-12-5-4-11(7-13(12)17)24-8-14(22)21-9-2-1-3-10(6-9)23-15(18,19)20/h1-7H,8H2,(H,21,22). The number of anilines is 1. The molecule has 1 amide bonds. The summed E-state index contributed by atoms with van der Waals surface area (Å²) in [6.45, 7) is 0. The number of hydrogen-bond donors (Lipinski definition) is 1. The lowest BCUT2D eigenvalue weighted by Crippen LogP contribution is -2.18. The summed E-state index contributed by atoms with van der Waals surface area (Å²) < 4.78 is 66.0. The first-order chi connectivity index (χ1) is 11.2. The van der Waals surface area contributed by atoms with Crippen molar-refractivity contribution >= 4 is 23.4 Å². The van der Waals surface area contributed by atoms with E-state index >= 15 is 0 Å². The number of carbonyl (C=O) groups excluding carboxylic acids is 1. The van der Waals surface area contributed by atoms with Crippen LogP contribution in [0.25, 0.3) is 0 Å². The predicted molar refractivity (Wildman–Crippen MR) is 78.8 cm³/mol. The summed E-state index contributed by atoms with van der Waals surface area (Å²) in [7, 11) is 0. The van der Waals surface area contributed by atoms with Crippen LogP contribution in [0.1, 0.15) is 0 Å². The van der Waals surface area contributed by atoms with Crippen LogP contribution in [0.5, 0.6) is 5.75 Å². The van der Waals surface area contributed by atoms with Gasteiger partial charge in [-0.1, -0.05) is 6.07 Å². The minimum Gasteiger partial charge on any atom is -0.406 e. The van der Waals surface area contributed by atoms with Gasteiger partial charge in [-0.3, -0.25) is 4.79 Å². The fraction of sp³-hybridized carbons (Fsp3) is 0.133. The van der Waals surface area contributed by atoms with E-state index in [1.54, 1.807) is 0 Å². The number of alkyl halides is 3. The SMILES string of the molecule is O=C(CSc1ccc(F)c(F)c1)Nc1cccc(OC(F)(F)F)c1. The van der Waals surface area contributed by atoms with Crippen molar-refractivity contribution in [3.05, 3.63) is 54.1 Å². The second-order valence-electron chi connectivity index (χ2n) is 4.49. The van der Waals surface area contributed by atoms with Gasteiger partial charge in [-0.2, -0.15) is 0 Å². The van der Waals surface area contributed by atoms with E-state index in [0.717, 1.165) is 36.0 Å². The van der Waals surface area contributed by atoms with Crippen molar-refractivity contribution in [1.82, 2.24) is 0 Å². The Morgan fingerprint density at radius 2 is 1.83 bits per heavy atom. The molecule has 0 aromatic heterocycles. The summed E-state index contributed by atoms with van der Waals surface area (Å²) in [6, 6.07) is 8.00. The van der Waals surface area contributed by atoms with Gasteiger partial charge in [0.05, 0.1) is 5.75 Å². The Kier molecular flexibility index (Phi) is 5.66. The normalized spacial score (nSPS) is 11.2. The molecule has 0 fully saturated rings. The van der Waals surface area contributed by atoms with Gasteiger partial charge in [0.15, 0.2) is 11.6 Å².